The van der Waals surface area contributed by atoms with E-state index in [-0.39, 0.29) is 0 Å². The summed E-state index contributed by atoms with van der Waals surface area (Å²) in [5.41, 5.74) is 0. The second-order valence-electron chi connectivity index (χ2n) is 3.96. The maximum absolute atomic E-state index is 8.00. The Labute approximate surface area is 85.2 Å². The minimum atomic E-state index is 0.720. The first-order valence-electron chi connectivity index (χ1n) is 4.92. The van der Waals surface area contributed by atoms with Crippen LogP contribution in [0.2, 0.25) is 0 Å². The molecule has 0 spiro atoms. The highest BCUT2D eigenvalue weighted by atomic mass is 16.6. The molecule has 0 aromatic heterocycles. The van der Waals surface area contributed by atoms with E-state index in [9.17, 15) is 0 Å². The van der Waals surface area contributed by atoms with Crippen LogP contribution in [0.1, 0.15) is 26.7 Å². The van der Waals surface area contributed by atoms with Crippen molar-refractivity contribution in [3.63, 3.8) is 0 Å². The highest BCUT2D eigenvalue weighted by molar-refractivity contribution is 4.55. The van der Waals surface area contributed by atoms with Gasteiger partial charge in [0.2, 0.25) is 0 Å². The summed E-state index contributed by atoms with van der Waals surface area (Å²) < 4.78 is 6.44. The number of methoxy groups -OCH3 is 1. The molecule has 1 aliphatic heterocycles. The van der Waals surface area contributed by atoms with E-state index in [1.807, 2.05) is 0 Å². The molecule has 0 unspecified atom stereocenters. The monoisotopic (exact) mass is 204 g/mol. The molecular weight excluding hydrogens is 184 g/mol. The van der Waals surface area contributed by atoms with E-state index in [2.05, 4.69) is 13.8 Å². The van der Waals surface area contributed by atoms with Crippen LogP contribution in [0.4, 0.5) is 0 Å². The van der Waals surface area contributed by atoms with Crippen molar-refractivity contribution in [2.45, 2.75) is 32.7 Å². The van der Waals surface area contributed by atoms with Gasteiger partial charge in [0, 0.05) is 20.0 Å². The predicted octanol–water partition coefficient (Wildman–Crippen LogP) is 1.86. The SMILES string of the molecule is COC[N+]1(C(C)C)CCCC1.O=N[O-]. The van der Waals surface area contributed by atoms with Gasteiger partial charge >= 0.3 is 0 Å². The van der Waals surface area contributed by atoms with Gasteiger partial charge in [-0.1, -0.05) is 0 Å². The van der Waals surface area contributed by atoms with Gasteiger partial charge in [-0.3, -0.25) is 4.48 Å². The van der Waals surface area contributed by atoms with Crippen LogP contribution in [0.15, 0.2) is 5.34 Å². The van der Waals surface area contributed by atoms with Crippen LogP contribution in [-0.4, -0.2) is 37.5 Å². The number of rotatable bonds is 3. The molecule has 5 nitrogen and oxygen atoms in total. The van der Waals surface area contributed by atoms with E-state index in [0.29, 0.717) is 0 Å². The summed E-state index contributed by atoms with van der Waals surface area (Å²) in [7, 11) is 1.81. The molecular formula is C9H20N2O3. The minimum absolute atomic E-state index is 0.720. The van der Waals surface area contributed by atoms with Crippen molar-refractivity contribution in [1.29, 1.82) is 0 Å². The summed E-state index contributed by atoms with van der Waals surface area (Å²) in [5.74, 6) is 0. The molecule has 0 N–H and O–H groups in total. The first-order chi connectivity index (χ1) is 6.63. The lowest BCUT2D eigenvalue weighted by Crippen LogP contribution is -2.51. The number of quaternary nitrogens is 1. The van der Waals surface area contributed by atoms with Crippen molar-refractivity contribution in [2.75, 3.05) is 26.9 Å². The molecule has 5 heteroatoms. The number of hydrogen-bond acceptors (Lipinski definition) is 4. The fourth-order valence-electron chi connectivity index (χ4n) is 2.02. The van der Waals surface area contributed by atoms with Crippen molar-refractivity contribution in [2.24, 2.45) is 5.34 Å². The Kier molecular flexibility index (Phi) is 6.40. The standard InChI is InChI=1S/C9H20NO.HNO2/c1-9(2)10(8-11-3)6-4-5-7-10;2-1-3/h9H,4-8H2,1-3H3;(H,2,3)/q+1;/p-1. The number of likely N-dealkylation sites (tertiary alicyclic amines) is 1. The Balaban J connectivity index is 0.000000500. The molecule has 0 saturated carbocycles. The van der Waals surface area contributed by atoms with Gasteiger partial charge in [0.1, 0.15) is 0 Å². The van der Waals surface area contributed by atoms with E-state index < -0.39 is 0 Å². The summed E-state index contributed by atoms with van der Waals surface area (Å²) in [6, 6.07) is 0.720. The Morgan fingerprint density at radius 1 is 1.43 bits per heavy atom. The lowest BCUT2D eigenvalue weighted by molar-refractivity contribution is -0.953. The van der Waals surface area contributed by atoms with Crippen molar-refractivity contribution in [1.82, 2.24) is 0 Å². The molecule has 1 rings (SSSR count). The molecule has 0 aromatic rings. The summed E-state index contributed by atoms with van der Waals surface area (Å²) in [6.45, 7) is 8.11. The first kappa shape index (κ1) is 13.3. The molecule has 14 heavy (non-hydrogen) atoms. The van der Waals surface area contributed by atoms with Crippen molar-refractivity contribution >= 4 is 0 Å². The molecule has 0 bridgehead atoms. The van der Waals surface area contributed by atoms with Gasteiger partial charge in [-0.15, -0.1) is 5.34 Å². The Morgan fingerprint density at radius 3 is 2.14 bits per heavy atom. The van der Waals surface area contributed by atoms with Gasteiger partial charge < -0.3 is 14.9 Å². The van der Waals surface area contributed by atoms with E-state index >= 15 is 0 Å². The number of nitrogens with zero attached hydrogens (tertiary/aromatic N) is 2. The second-order valence-corrected chi connectivity index (χ2v) is 3.96. The quantitative estimate of drug-likeness (QED) is 0.400. The van der Waals surface area contributed by atoms with Crippen LogP contribution in [-0.2, 0) is 4.74 Å². The molecule has 1 heterocycles. The predicted molar refractivity (Wildman–Crippen MR) is 55.4 cm³/mol. The fourth-order valence-corrected chi connectivity index (χ4v) is 2.02. The van der Waals surface area contributed by atoms with E-state index in [1.165, 1.54) is 30.4 Å². The molecule has 0 aromatic carbocycles. The van der Waals surface area contributed by atoms with Crippen molar-refractivity contribution in [3.05, 3.63) is 10.1 Å². The fraction of sp³-hybridized carbons (Fsp3) is 1.00. The molecule has 0 atom stereocenters. The van der Waals surface area contributed by atoms with Crippen molar-refractivity contribution < 1.29 is 9.22 Å². The van der Waals surface area contributed by atoms with Crippen molar-refractivity contribution in [3.8, 4) is 0 Å². The highest BCUT2D eigenvalue weighted by Crippen LogP contribution is 2.22. The molecule has 0 aliphatic carbocycles. The highest BCUT2D eigenvalue weighted by Gasteiger charge is 2.34. The zero-order valence-electron chi connectivity index (χ0n) is 9.23. The summed E-state index contributed by atoms with van der Waals surface area (Å²) in [5, 5.41) is 9.00. The summed E-state index contributed by atoms with van der Waals surface area (Å²) in [4.78, 5) is 8.00. The largest absolute Gasteiger partial charge is 0.444 e. The molecule has 0 amide bonds. The van der Waals surface area contributed by atoms with E-state index in [1.54, 1.807) is 7.11 Å². The van der Waals surface area contributed by atoms with Gasteiger partial charge in [0.05, 0.1) is 19.1 Å². The van der Waals surface area contributed by atoms with Crippen LogP contribution in [0, 0.1) is 10.1 Å². The molecule has 0 radical (unpaired) electrons. The van der Waals surface area contributed by atoms with Crippen LogP contribution in [0.5, 0.6) is 0 Å². The van der Waals surface area contributed by atoms with Crippen LogP contribution < -0.4 is 0 Å². The van der Waals surface area contributed by atoms with Gasteiger partial charge in [-0.2, -0.15) is 0 Å². The Hall–Kier alpha value is -0.680. The zero-order valence-corrected chi connectivity index (χ0v) is 9.23. The smallest absolute Gasteiger partial charge is 0.182 e. The minimum Gasteiger partial charge on any atom is -0.444 e. The zero-order chi connectivity index (χ0) is 11.0. The number of hydrogen-bond donors (Lipinski definition) is 0. The van der Waals surface area contributed by atoms with Gasteiger partial charge in [-0.25, -0.2) is 0 Å². The van der Waals surface area contributed by atoms with Crippen LogP contribution in [0.3, 0.4) is 0 Å². The topological polar surface area (TPSA) is 61.7 Å². The van der Waals surface area contributed by atoms with Crippen LogP contribution >= 0.6 is 0 Å². The van der Waals surface area contributed by atoms with E-state index in [4.69, 9.17) is 14.9 Å². The second kappa shape index (κ2) is 6.73. The normalized spacial score (nSPS) is 18.9. The molecule has 84 valence electrons. The lowest BCUT2D eigenvalue weighted by Gasteiger charge is -2.37. The average Bonchev–Trinajstić information content (AvgIpc) is 2.56. The maximum atomic E-state index is 8.00. The molecule has 1 saturated heterocycles. The maximum Gasteiger partial charge on any atom is 0.182 e. The summed E-state index contributed by atoms with van der Waals surface area (Å²) in [6.07, 6.45) is 2.75. The van der Waals surface area contributed by atoms with Gasteiger partial charge in [0.15, 0.2) is 6.73 Å². The van der Waals surface area contributed by atoms with Gasteiger partial charge in [-0.05, 0) is 13.8 Å². The lowest BCUT2D eigenvalue weighted by atomic mass is 10.3. The third-order valence-electron chi connectivity index (χ3n) is 2.94. The third-order valence-corrected chi connectivity index (χ3v) is 2.94. The molecule has 1 aliphatic rings. The average molecular weight is 204 g/mol. The Bertz CT molecular complexity index is 156. The van der Waals surface area contributed by atoms with Crippen LogP contribution in [0.25, 0.3) is 0 Å². The van der Waals surface area contributed by atoms with E-state index in [0.717, 1.165) is 18.1 Å². The molecule has 1 fully saturated rings. The summed E-state index contributed by atoms with van der Waals surface area (Å²) >= 11 is 0. The number of ether oxygens (including phenoxy) is 1. The third kappa shape index (κ3) is 3.59. The first-order valence-corrected chi connectivity index (χ1v) is 4.92. The Morgan fingerprint density at radius 2 is 1.86 bits per heavy atom. The van der Waals surface area contributed by atoms with Gasteiger partial charge in [0.25, 0.3) is 0 Å².